The topological polar surface area (TPSA) is 41.6 Å². The van der Waals surface area contributed by atoms with Gasteiger partial charge < -0.3 is 10.1 Å². The molecule has 1 aliphatic rings. The van der Waals surface area contributed by atoms with Crippen LogP contribution >= 0.6 is 0 Å². The standard InChI is InChI=1S/C28H32N2O2/c1-23(32-26-15-9-4-10-16-26)27(31)29-22-28(25-13-7-3-8-14-25)17-19-30(20-18-28)21-24-11-5-2-6-12-24/h2-16,23H,17-22H2,1H3,(H,29,31). The van der Waals surface area contributed by atoms with Crippen molar-refractivity contribution in [2.24, 2.45) is 0 Å². The lowest BCUT2D eigenvalue weighted by Crippen LogP contribution is -2.50. The molecule has 1 fully saturated rings. The van der Waals surface area contributed by atoms with Crippen LogP contribution in [-0.2, 0) is 16.8 Å². The van der Waals surface area contributed by atoms with Crippen molar-refractivity contribution in [3.63, 3.8) is 0 Å². The molecule has 0 aromatic heterocycles. The van der Waals surface area contributed by atoms with Crippen LogP contribution in [0, 0.1) is 0 Å². The average Bonchev–Trinajstić information content (AvgIpc) is 2.85. The van der Waals surface area contributed by atoms with Gasteiger partial charge in [-0.1, -0.05) is 78.9 Å². The molecular weight excluding hydrogens is 396 g/mol. The van der Waals surface area contributed by atoms with Gasteiger partial charge in [0.2, 0.25) is 0 Å². The number of piperidine rings is 1. The highest BCUT2D eigenvalue weighted by molar-refractivity contribution is 5.80. The third kappa shape index (κ3) is 5.57. The van der Waals surface area contributed by atoms with E-state index in [1.54, 1.807) is 6.92 Å². The van der Waals surface area contributed by atoms with Gasteiger partial charge in [-0.05, 0) is 56.1 Å². The highest BCUT2D eigenvalue weighted by atomic mass is 16.5. The van der Waals surface area contributed by atoms with E-state index < -0.39 is 6.10 Å². The predicted molar refractivity (Wildman–Crippen MR) is 129 cm³/mol. The Morgan fingerprint density at radius 3 is 2.09 bits per heavy atom. The molecule has 0 spiro atoms. The fourth-order valence-corrected chi connectivity index (χ4v) is 4.50. The van der Waals surface area contributed by atoms with Gasteiger partial charge in [0.15, 0.2) is 6.10 Å². The van der Waals surface area contributed by atoms with Gasteiger partial charge >= 0.3 is 0 Å². The number of nitrogens with zero attached hydrogens (tertiary/aromatic N) is 1. The summed E-state index contributed by atoms with van der Waals surface area (Å²) in [4.78, 5) is 15.3. The summed E-state index contributed by atoms with van der Waals surface area (Å²) >= 11 is 0. The Morgan fingerprint density at radius 1 is 0.906 bits per heavy atom. The molecule has 3 aromatic carbocycles. The monoisotopic (exact) mass is 428 g/mol. The Bertz CT molecular complexity index is 968. The molecule has 0 radical (unpaired) electrons. The first kappa shape index (κ1) is 22.1. The highest BCUT2D eigenvalue weighted by Gasteiger charge is 2.36. The van der Waals surface area contributed by atoms with Crippen molar-refractivity contribution in [1.29, 1.82) is 0 Å². The Kier molecular flexibility index (Phi) is 7.23. The number of carbonyl (C=O) groups excluding carboxylic acids is 1. The summed E-state index contributed by atoms with van der Waals surface area (Å²) in [7, 11) is 0. The maximum absolute atomic E-state index is 12.8. The summed E-state index contributed by atoms with van der Waals surface area (Å²) < 4.78 is 5.82. The van der Waals surface area contributed by atoms with Crippen LogP contribution in [0.2, 0.25) is 0 Å². The molecule has 1 heterocycles. The summed E-state index contributed by atoms with van der Waals surface area (Å²) in [5, 5.41) is 3.19. The van der Waals surface area contributed by atoms with E-state index in [1.807, 2.05) is 30.3 Å². The maximum Gasteiger partial charge on any atom is 0.260 e. The van der Waals surface area contributed by atoms with Crippen molar-refractivity contribution >= 4 is 5.91 Å². The van der Waals surface area contributed by atoms with Crippen molar-refractivity contribution < 1.29 is 9.53 Å². The van der Waals surface area contributed by atoms with Crippen LogP contribution in [0.25, 0.3) is 0 Å². The van der Waals surface area contributed by atoms with E-state index in [-0.39, 0.29) is 11.3 Å². The fraction of sp³-hybridized carbons (Fsp3) is 0.321. The number of hydrogen-bond donors (Lipinski definition) is 1. The second-order valence-corrected chi connectivity index (χ2v) is 8.70. The molecule has 1 N–H and O–H groups in total. The molecule has 4 nitrogen and oxygen atoms in total. The normalized spacial score (nSPS) is 16.8. The Balaban J connectivity index is 1.40. The summed E-state index contributed by atoms with van der Waals surface area (Å²) in [6, 6.07) is 30.8. The Morgan fingerprint density at radius 2 is 1.47 bits per heavy atom. The zero-order valence-corrected chi connectivity index (χ0v) is 18.7. The van der Waals surface area contributed by atoms with E-state index in [1.165, 1.54) is 11.1 Å². The van der Waals surface area contributed by atoms with Crippen molar-refractivity contribution in [1.82, 2.24) is 10.2 Å². The number of para-hydroxylation sites is 1. The van der Waals surface area contributed by atoms with Crippen LogP contribution in [0.1, 0.15) is 30.9 Å². The van der Waals surface area contributed by atoms with E-state index in [0.717, 1.165) is 32.5 Å². The second kappa shape index (κ2) is 10.5. The molecule has 1 aliphatic heterocycles. The number of rotatable bonds is 8. The van der Waals surface area contributed by atoms with E-state index in [0.29, 0.717) is 12.3 Å². The van der Waals surface area contributed by atoms with Crippen molar-refractivity contribution in [2.75, 3.05) is 19.6 Å². The molecule has 3 aromatic rings. The number of likely N-dealkylation sites (tertiary alicyclic amines) is 1. The molecule has 0 saturated carbocycles. The van der Waals surface area contributed by atoms with Crippen LogP contribution in [0.15, 0.2) is 91.0 Å². The van der Waals surface area contributed by atoms with Gasteiger partial charge in [0, 0.05) is 18.5 Å². The number of hydrogen-bond acceptors (Lipinski definition) is 3. The minimum Gasteiger partial charge on any atom is -0.481 e. The lowest BCUT2D eigenvalue weighted by atomic mass is 9.72. The Labute approximate surface area is 191 Å². The van der Waals surface area contributed by atoms with Crippen LogP contribution in [0.5, 0.6) is 5.75 Å². The predicted octanol–water partition coefficient (Wildman–Crippen LogP) is 4.80. The summed E-state index contributed by atoms with van der Waals surface area (Å²) in [6.07, 6.45) is 1.49. The second-order valence-electron chi connectivity index (χ2n) is 8.70. The molecule has 0 bridgehead atoms. The molecule has 1 amide bonds. The molecule has 1 atom stereocenters. The van der Waals surface area contributed by atoms with E-state index in [9.17, 15) is 4.79 Å². The van der Waals surface area contributed by atoms with Gasteiger partial charge in [0.25, 0.3) is 5.91 Å². The highest BCUT2D eigenvalue weighted by Crippen LogP contribution is 2.35. The van der Waals surface area contributed by atoms with E-state index in [4.69, 9.17) is 4.74 Å². The van der Waals surface area contributed by atoms with Crippen LogP contribution in [-0.4, -0.2) is 36.5 Å². The average molecular weight is 429 g/mol. The first-order valence-corrected chi connectivity index (χ1v) is 11.5. The molecule has 1 saturated heterocycles. The van der Waals surface area contributed by atoms with Gasteiger partial charge in [0.1, 0.15) is 5.75 Å². The number of benzene rings is 3. The lowest BCUT2D eigenvalue weighted by Gasteiger charge is -2.42. The molecule has 4 heteroatoms. The van der Waals surface area contributed by atoms with Crippen molar-refractivity contribution in [2.45, 2.75) is 37.8 Å². The molecular formula is C28H32N2O2. The van der Waals surface area contributed by atoms with Crippen LogP contribution in [0.3, 0.4) is 0 Å². The quantitative estimate of drug-likeness (QED) is 0.560. The first-order chi connectivity index (χ1) is 15.6. The fourth-order valence-electron chi connectivity index (χ4n) is 4.50. The number of carbonyl (C=O) groups is 1. The zero-order chi connectivity index (χ0) is 22.2. The number of nitrogens with one attached hydrogen (secondary N) is 1. The minimum atomic E-state index is -0.539. The first-order valence-electron chi connectivity index (χ1n) is 11.5. The van der Waals surface area contributed by atoms with Crippen molar-refractivity contribution in [3.8, 4) is 5.75 Å². The summed E-state index contributed by atoms with van der Waals surface area (Å²) in [5.41, 5.74) is 2.59. The van der Waals surface area contributed by atoms with Crippen molar-refractivity contribution in [3.05, 3.63) is 102 Å². The minimum absolute atomic E-state index is 0.0590. The lowest BCUT2D eigenvalue weighted by molar-refractivity contribution is -0.127. The SMILES string of the molecule is CC(Oc1ccccc1)C(=O)NCC1(c2ccccc2)CCN(Cc2ccccc2)CC1. The molecule has 0 aliphatic carbocycles. The third-order valence-corrected chi connectivity index (χ3v) is 6.47. The largest absolute Gasteiger partial charge is 0.481 e. The smallest absolute Gasteiger partial charge is 0.260 e. The van der Waals surface area contributed by atoms with Gasteiger partial charge in [-0.3, -0.25) is 9.69 Å². The third-order valence-electron chi connectivity index (χ3n) is 6.47. The van der Waals surface area contributed by atoms with Gasteiger partial charge in [-0.15, -0.1) is 0 Å². The molecule has 166 valence electrons. The zero-order valence-electron chi connectivity index (χ0n) is 18.7. The Hall–Kier alpha value is -3.11. The van der Waals surface area contributed by atoms with Gasteiger partial charge in [-0.25, -0.2) is 0 Å². The van der Waals surface area contributed by atoms with E-state index in [2.05, 4.69) is 70.9 Å². The van der Waals surface area contributed by atoms with Gasteiger partial charge in [0.05, 0.1) is 0 Å². The number of amides is 1. The maximum atomic E-state index is 12.8. The molecule has 32 heavy (non-hydrogen) atoms. The van der Waals surface area contributed by atoms with Crippen LogP contribution in [0.4, 0.5) is 0 Å². The summed E-state index contributed by atoms with van der Waals surface area (Å²) in [5.74, 6) is 0.637. The van der Waals surface area contributed by atoms with Gasteiger partial charge in [-0.2, -0.15) is 0 Å². The molecule has 4 rings (SSSR count). The summed E-state index contributed by atoms with van der Waals surface area (Å²) in [6.45, 7) is 5.42. The van der Waals surface area contributed by atoms with Crippen LogP contribution < -0.4 is 10.1 Å². The number of ether oxygens (including phenoxy) is 1. The molecule has 1 unspecified atom stereocenters. The van der Waals surface area contributed by atoms with E-state index >= 15 is 0 Å².